The van der Waals surface area contributed by atoms with Gasteiger partial charge in [0.1, 0.15) is 0 Å². The van der Waals surface area contributed by atoms with Crippen molar-refractivity contribution in [3.63, 3.8) is 0 Å². The molecule has 0 rings (SSSR count). The predicted molar refractivity (Wildman–Crippen MR) is 50.0 cm³/mol. The van der Waals surface area contributed by atoms with E-state index in [1.165, 1.54) is 0 Å². The average molecular weight is 247 g/mol. The fourth-order valence-electron chi connectivity index (χ4n) is 0.607. The maximum absolute atomic E-state index is 10.8. The minimum Gasteiger partial charge on any atom is -1.00 e. The Morgan fingerprint density at radius 1 is 1.57 bits per heavy atom. The van der Waals surface area contributed by atoms with Gasteiger partial charge >= 0.3 is 51.4 Å². The molecule has 0 aromatic heterocycles. The molecule has 0 spiro atoms. The van der Waals surface area contributed by atoms with Gasteiger partial charge in [-0.3, -0.25) is 9.35 Å². The zero-order valence-corrected chi connectivity index (χ0v) is 12.3. The van der Waals surface area contributed by atoms with Crippen molar-refractivity contribution in [1.82, 2.24) is 5.32 Å². The third kappa shape index (κ3) is 10.8. The van der Waals surface area contributed by atoms with Crippen molar-refractivity contribution in [2.45, 2.75) is 13.3 Å². The van der Waals surface area contributed by atoms with Crippen LogP contribution in [0.2, 0.25) is 0 Å². The van der Waals surface area contributed by atoms with Gasteiger partial charge in [0, 0.05) is 12.1 Å². The fourth-order valence-corrected chi connectivity index (χ4v) is 1.12. The summed E-state index contributed by atoms with van der Waals surface area (Å²) in [7, 11) is -3.92. The predicted octanol–water partition coefficient (Wildman–Crippen LogP) is -2.93. The standard InChI is InChI=1S/C7H13NO4S.K.H/c1-6(2)7(9)8-4-3-5-13(10,11)12;;/h1,3-5H2,2H3,(H,8,9)(H,10,11,12);;/q;+1;-1. The molecule has 0 aromatic rings. The number of amides is 1. The maximum Gasteiger partial charge on any atom is 1.00 e. The van der Waals surface area contributed by atoms with Crippen LogP contribution in [-0.2, 0) is 14.9 Å². The molecule has 0 saturated heterocycles. The summed E-state index contributed by atoms with van der Waals surface area (Å²) in [6.45, 7) is 5.17. The molecule has 0 saturated carbocycles. The molecule has 14 heavy (non-hydrogen) atoms. The Labute approximate surface area is 128 Å². The SMILES string of the molecule is C=C(C)C(=O)NCCCS(=O)(=O)O.[H-].[K+]. The molecule has 7 heteroatoms. The number of rotatable bonds is 5. The van der Waals surface area contributed by atoms with E-state index in [-0.39, 0.29) is 77.4 Å². The second-order valence-corrected chi connectivity index (χ2v) is 4.25. The van der Waals surface area contributed by atoms with Crippen LogP contribution in [0, 0.1) is 0 Å². The van der Waals surface area contributed by atoms with Crippen molar-refractivity contribution in [3.05, 3.63) is 12.2 Å². The normalized spacial score (nSPS) is 10.1. The Hall–Kier alpha value is 0.756. The molecule has 0 aliphatic heterocycles. The molecule has 0 aromatic carbocycles. The molecule has 1 amide bonds. The van der Waals surface area contributed by atoms with E-state index in [0.717, 1.165) is 0 Å². The van der Waals surface area contributed by atoms with Gasteiger partial charge in [-0.25, -0.2) is 0 Å². The minimum atomic E-state index is -3.92. The topological polar surface area (TPSA) is 83.5 Å². The van der Waals surface area contributed by atoms with Gasteiger partial charge in [-0.05, 0) is 13.3 Å². The molecule has 0 bridgehead atoms. The summed E-state index contributed by atoms with van der Waals surface area (Å²) in [5, 5.41) is 2.44. The van der Waals surface area contributed by atoms with Gasteiger partial charge in [-0.2, -0.15) is 8.42 Å². The van der Waals surface area contributed by atoms with E-state index in [4.69, 9.17) is 4.55 Å². The van der Waals surface area contributed by atoms with Gasteiger partial charge in [-0.15, -0.1) is 0 Å². The third-order valence-electron chi connectivity index (χ3n) is 1.25. The molecule has 0 unspecified atom stereocenters. The van der Waals surface area contributed by atoms with Crippen molar-refractivity contribution < 1.29 is 70.6 Å². The van der Waals surface area contributed by atoms with Crippen LogP contribution in [0.1, 0.15) is 14.8 Å². The van der Waals surface area contributed by atoms with Crippen LogP contribution in [0.5, 0.6) is 0 Å². The number of hydrogen-bond donors (Lipinski definition) is 2. The van der Waals surface area contributed by atoms with E-state index in [1.54, 1.807) is 6.92 Å². The summed E-state index contributed by atoms with van der Waals surface area (Å²) in [5.41, 5.74) is 0.367. The van der Waals surface area contributed by atoms with Gasteiger partial charge in [0.2, 0.25) is 5.91 Å². The van der Waals surface area contributed by atoms with E-state index in [0.29, 0.717) is 5.57 Å². The second kappa shape index (κ2) is 7.97. The van der Waals surface area contributed by atoms with Crippen LogP contribution in [0.3, 0.4) is 0 Å². The summed E-state index contributed by atoms with van der Waals surface area (Å²) in [6.07, 6.45) is 0.192. The van der Waals surface area contributed by atoms with Gasteiger partial charge in [0.15, 0.2) is 0 Å². The Morgan fingerprint density at radius 2 is 2.07 bits per heavy atom. The van der Waals surface area contributed by atoms with Gasteiger partial charge in [0.05, 0.1) is 5.75 Å². The first-order chi connectivity index (χ1) is 5.83. The van der Waals surface area contributed by atoms with Crippen LogP contribution >= 0.6 is 0 Å². The molecular formula is C7H14KNO4S. The first kappa shape index (κ1) is 17.2. The number of nitrogens with one attached hydrogen (secondary N) is 1. The van der Waals surface area contributed by atoms with Crippen molar-refractivity contribution in [1.29, 1.82) is 0 Å². The minimum absolute atomic E-state index is 0. The molecule has 0 atom stereocenters. The van der Waals surface area contributed by atoms with Crippen molar-refractivity contribution in [2.24, 2.45) is 0 Å². The van der Waals surface area contributed by atoms with Crippen molar-refractivity contribution in [3.8, 4) is 0 Å². The second-order valence-electron chi connectivity index (χ2n) is 2.68. The van der Waals surface area contributed by atoms with E-state index < -0.39 is 10.1 Å². The number of hydrogen-bond acceptors (Lipinski definition) is 3. The summed E-state index contributed by atoms with van der Waals surface area (Å²) in [4.78, 5) is 10.8. The van der Waals surface area contributed by atoms with Crippen LogP contribution in [0.25, 0.3) is 0 Å². The van der Waals surface area contributed by atoms with Crippen molar-refractivity contribution in [2.75, 3.05) is 12.3 Å². The van der Waals surface area contributed by atoms with Gasteiger partial charge in [-0.1, -0.05) is 6.58 Å². The molecule has 0 heterocycles. The van der Waals surface area contributed by atoms with Crippen LogP contribution in [-0.4, -0.2) is 31.2 Å². The monoisotopic (exact) mass is 247 g/mol. The average Bonchev–Trinajstić information content (AvgIpc) is 1.95. The molecule has 0 aliphatic carbocycles. The van der Waals surface area contributed by atoms with E-state index in [2.05, 4.69) is 11.9 Å². The largest absolute Gasteiger partial charge is 1.00 e. The Balaban J connectivity index is -0.000000720. The van der Waals surface area contributed by atoms with Crippen LogP contribution < -0.4 is 56.7 Å². The zero-order chi connectivity index (χ0) is 10.5. The van der Waals surface area contributed by atoms with E-state index >= 15 is 0 Å². The molecule has 0 radical (unpaired) electrons. The first-order valence-electron chi connectivity index (χ1n) is 3.72. The summed E-state index contributed by atoms with van der Waals surface area (Å²) < 4.78 is 28.8. The fraction of sp³-hybridized carbons (Fsp3) is 0.571. The molecule has 2 N–H and O–H groups in total. The molecule has 78 valence electrons. The number of carbonyl (C=O) groups excluding carboxylic acids is 1. The van der Waals surface area contributed by atoms with E-state index in [9.17, 15) is 13.2 Å². The van der Waals surface area contributed by atoms with Crippen molar-refractivity contribution >= 4 is 16.0 Å². The van der Waals surface area contributed by atoms with E-state index in [1.807, 2.05) is 0 Å². The van der Waals surface area contributed by atoms with Crippen LogP contribution in [0.15, 0.2) is 12.2 Å². The number of carbonyl (C=O) groups is 1. The molecule has 0 aliphatic rings. The van der Waals surface area contributed by atoms with Gasteiger partial charge < -0.3 is 6.74 Å². The molecular weight excluding hydrogens is 233 g/mol. The zero-order valence-electron chi connectivity index (χ0n) is 9.41. The molecule has 5 nitrogen and oxygen atoms in total. The first-order valence-corrected chi connectivity index (χ1v) is 5.32. The Kier molecular flexibility index (Phi) is 9.77. The molecule has 0 fully saturated rings. The smallest absolute Gasteiger partial charge is 1.00 e. The Morgan fingerprint density at radius 3 is 2.43 bits per heavy atom. The Bertz CT molecular complexity index is 304. The van der Waals surface area contributed by atoms with Crippen LogP contribution in [0.4, 0.5) is 0 Å². The summed E-state index contributed by atoms with van der Waals surface area (Å²) >= 11 is 0. The summed E-state index contributed by atoms with van der Waals surface area (Å²) in [6, 6.07) is 0. The van der Waals surface area contributed by atoms with Gasteiger partial charge in [0.25, 0.3) is 10.1 Å². The third-order valence-corrected chi connectivity index (χ3v) is 2.06. The quantitative estimate of drug-likeness (QED) is 0.236. The summed E-state index contributed by atoms with van der Waals surface area (Å²) in [5.74, 6) is -0.654. The maximum atomic E-state index is 10.8.